The molecule has 0 aliphatic carbocycles. The minimum absolute atomic E-state index is 0. The quantitative estimate of drug-likeness (QED) is 0.307. The number of hydrogen-bond acceptors (Lipinski definition) is 4. The fourth-order valence-corrected chi connectivity index (χ4v) is 3.36. The van der Waals surface area contributed by atoms with Crippen LogP contribution in [0.5, 0.6) is 0 Å². The molecule has 0 aromatic heterocycles. The van der Waals surface area contributed by atoms with Gasteiger partial charge in [0.15, 0.2) is 5.96 Å². The molecule has 2 unspecified atom stereocenters. The molecule has 0 aromatic carbocycles. The van der Waals surface area contributed by atoms with E-state index >= 15 is 0 Å². The average molecular weight is 498 g/mol. The van der Waals surface area contributed by atoms with Gasteiger partial charge in [0, 0.05) is 52.4 Å². The first-order valence-corrected chi connectivity index (χ1v) is 10.2. The van der Waals surface area contributed by atoms with Crippen molar-refractivity contribution in [1.29, 1.82) is 0 Å². The zero-order chi connectivity index (χ0) is 19.7. The molecule has 0 saturated carbocycles. The summed E-state index contributed by atoms with van der Waals surface area (Å²) in [5, 5.41) is 6.84. The highest BCUT2D eigenvalue weighted by molar-refractivity contribution is 14.0. The van der Waals surface area contributed by atoms with Gasteiger partial charge in [-0.3, -0.25) is 9.89 Å². The van der Waals surface area contributed by atoms with Gasteiger partial charge < -0.3 is 20.3 Å². The molecule has 0 spiro atoms. The van der Waals surface area contributed by atoms with E-state index in [0.717, 1.165) is 51.8 Å². The number of nitrogens with zero attached hydrogens (tertiary/aromatic N) is 3. The monoisotopic (exact) mass is 497 g/mol. The van der Waals surface area contributed by atoms with E-state index < -0.39 is 0 Å². The predicted octanol–water partition coefficient (Wildman–Crippen LogP) is 2.49. The molecule has 162 valence electrons. The van der Waals surface area contributed by atoms with Crippen LogP contribution < -0.4 is 10.6 Å². The average Bonchev–Trinajstić information content (AvgIpc) is 2.55. The van der Waals surface area contributed by atoms with Crippen LogP contribution in [0.1, 0.15) is 41.5 Å². The highest BCUT2D eigenvalue weighted by Crippen LogP contribution is 2.21. The number of methoxy groups -OCH3 is 1. The van der Waals surface area contributed by atoms with E-state index in [1.165, 1.54) is 0 Å². The van der Waals surface area contributed by atoms with E-state index in [1.54, 1.807) is 7.11 Å². The second-order valence-corrected chi connectivity index (χ2v) is 8.84. The standard InChI is InChI=1S/C20H43N5O.HI/c1-9-21-19(23-15-18(26-8)20(4,5)6)22-14-17(16(2)3)25-12-10-24(7)11-13-25;/h16-18H,9-15H2,1-8H3,(H2,21,22,23);1H. The van der Waals surface area contributed by atoms with E-state index in [2.05, 4.69) is 69.0 Å². The number of hydrogen-bond donors (Lipinski definition) is 2. The summed E-state index contributed by atoms with van der Waals surface area (Å²) in [5.41, 5.74) is 0.0966. The lowest BCUT2D eigenvalue weighted by Crippen LogP contribution is -2.52. The van der Waals surface area contributed by atoms with Crippen LogP contribution >= 0.6 is 24.0 Å². The van der Waals surface area contributed by atoms with Crippen LogP contribution in [0.2, 0.25) is 0 Å². The van der Waals surface area contributed by atoms with Gasteiger partial charge in [-0.1, -0.05) is 34.6 Å². The molecule has 2 atom stereocenters. The maximum Gasteiger partial charge on any atom is 0.191 e. The second-order valence-electron chi connectivity index (χ2n) is 8.84. The molecule has 6 nitrogen and oxygen atoms in total. The predicted molar refractivity (Wildman–Crippen MR) is 127 cm³/mol. The first kappa shape index (κ1) is 26.9. The Morgan fingerprint density at radius 1 is 1.11 bits per heavy atom. The van der Waals surface area contributed by atoms with Crippen LogP contribution in [0.4, 0.5) is 0 Å². The summed E-state index contributed by atoms with van der Waals surface area (Å²) in [7, 11) is 3.98. The van der Waals surface area contributed by atoms with Crippen molar-refractivity contribution in [2.45, 2.75) is 53.7 Å². The Kier molecular flexibility index (Phi) is 13.1. The summed E-state index contributed by atoms with van der Waals surface area (Å²) in [6, 6.07) is 0.486. The number of guanidine groups is 1. The molecule has 1 aliphatic heterocycles. The Bertz CT molecular complexity index is 417. The first-order valence-electron chi connectivity index (χ1n) is 10.2. The van der Waals surface area contributed by atoms with Gasteiger partial charge in [0.1, 0.15) is 0 Å². The zero-order valence-electron chi connectivity index (χ0n) is 18.8. The van der Waals surface area contributed by atoms with Gasteiger partial charge in [0.2, 0.25) is 0 Å². The van der Waals surface area contributed by atoms with E-state index in [9.17, 15) is 0 Å². The van der Waals surface area contributed by atoms with Gasteiger partial charge in [0.05, 0.1) is 12.6 Å². The molecule has 1 saturated heterocycles. The summed E-state index contributed by atoms with van der Waals surface area (Å²) in [4.78, 5) is 9.91. The largest absolute Gasteiger partial charge is 0.379 e. The third-order valence-corrected chi connectivity index (χ3v) is 5.26. The van der Waals surface area contributed by atoms with Gasteiger partial charge in [-0.15, -0.1) is 24.0 Å². The fraction of sp³-hybridized carbons (Fsp3) is 0.950. The number of piperazine rings is 1. The summed E-state index contributed by atoms with van der Waals surface area (Å²) in [6.45, 7) is 20.3. The lowest BCUT2D eigenvalue weighted by molar-refractivity contribution is 0.0205. The van der Waals surface area contributed by atoms with Crippen LogP contribution in [-0.4, -0.2) is 87.9 Å². The number of nitrogens with one attached hydrogen (secondary N) is 2. The summed E-state index contributed by atoms with van der Waals surface area (Å²) >= 11 is 0. The van der Waals surface area contributed by atoms with E-state index in [-0.39, 0.29) is 35.5 Å². The molecule has 1 rings (SSSR count). The summed E-state index contributed by atoms with van der Waals surface area (Å²) in [5.74, 6) is 1.48. The van der Waals surface area contributed by atoms with Crippen LogP contribution in [0, 0.1) is 11.3 Å². The van der Waals surface area contributed by atoms with Gasteiger partial charge in [-0.05, 0) is 25.3 Å². The lowest BCUT2D eigenvalue weighted by atomic mass is 9.89. The van der Waals surface area contributed by atoms with Crippen molar-refractivity contribution in [2.24, 2.45) is 16.3 Å². The highest BCUT2D eigenvalue weighted by atomic mass is 127. The number of rotatable bonds is 8. The van der Waals surface area contributed by atoms with Crippen molar-refractivity contribution in [3.8, 4) is 0 Å². The third kappa shape index (κ3) is 9.76. The van der Waals surface area contributed by atoms with Crippen molar-refractivity contribution in [2.75, 3.05) is 60.0 Å². The molecule has 0 bridgehead atoms. The van der Waals surface area contributed by atoms with Gasteiger partial charge >= 0.3 is 0 Å². The molecule has 0 aromatic rings. The molecular formula is C20H44IN5O. The van der Waals surface area contributed by atoms with Crippen LogP contribution in [0.3, 0.4) is 0 Å². The Morgan fingerprint density at radius 3 is 2.15 bits per heavy atom. The van der Waals surface area contributed by atoms with Crippen LogP contribution in [-0.2, 0) is 4.74 Å². The molecule has 1 fully saturated rings. The normalized spacial score (nSPS) is 19.5. The van der Waals surface area contributed by atoms with E-state index in [4.69, 9.17) is 9.73 Å². The highest BCUT2D eigenvalue weighted by Gasteiger charge is 2.26. The topological polar surface area (TPSA) is 52.1 Å². The summed E-state index contributed by atoms with van der Waals surface area (Å²) in [6.07, 6.45) is 0.143. The number of ether oxygens (including phenoxy) is 1. The van der Waals surface area contributed by atoms with Crippen LogP contribution in [0.15, 0.2) is 4.99 Å². The van der Waals surface area contributed by atoms with Crippen molar-refractivity contribution in [3.63, 3.8) is 0 Å². The number of likely N-dealkylation sites (N-methyl/N-ethyl adjacent to an activating group) is 1. The Morgan fingerprint density at radius 2 is 1.70 bits per heavy atom. The Balaban J connectivity index is 0.00000676. The SMILES string of the molecule is CCNC(=NCC(C(C)C)N1CCN(C)CC1)NCC(OC)C(C)(C)C.I. The molecular weight excluding hydrogens is 453 g/mol. The van der Waals surface area contributed by atoms with Crippen molar-refractivity contribution in [1.82, 2.24) is 20.4 Å². The van der Waals surface area contributed by atoms with Crippen LogP contribution in [0.25, 0.3) is 0 Å². The molecule has 7 heteroatoms. The fourth-order valence-electron chi connectivity index (χ4n) is 3.36. The van der Waals surface area contributed by atoms with Crippen molar-refractivity contribution in [3.05, 3.63) is 0 Å². The van der Waals surface area contributed by atoms with Gasteiger partial charge in [-0.2, -0.15) is 0 Å². The van der Waals surface area contributed by atoms with Crippen molar-refractivity contribution < 1.29 is 4.74 Å². The minimum Gasteiger partial charge on any atom is -0.379 e. The van der Waals surface area contributed by atoms with E-state index in [0.29, 0.717) is 12.0 Å². The third-order valence-electron chi connectivity index (χ3n) is 5.26. The molecule has 1 aliphatic rings. The molecule has 0 amide bonds. The first-order chi connectivity index (χ1) is 12.2. The Labute approximate surface area is 184 Å². The number of halogens is 1. The molecule has 2 N–H and O–H groups in total. The Hall–Kier alpha value is -0.120. The van der Waals surface area contributed by atoms with Gasteiger partial charge in [0.25, 0.3) is 0 Å². The molecule has 27 heavy (non-hydrogen) atoms. The molecule has 1 heterocycles. The summed E-state index contributed by atoms with van der Waals surface area (Å²) < 4.78 is 5.65. The second kappa shape index (κ2) is 13.2. The minimum atomic E-state index is 0. The maximum atomic E-state index is 5.65. The lowest BCUT2D eigenvalue weighted by Gasteiger charge is -2.39. The zero-order valence-corrected chi connectivity index (χ0v) is 21.2. The van der Waals surface area contributed by atoms with Crippen molar-refractivity contribution >= 4 is 29.9 Å². The smallest absolute Gasteiger partial charge is 0.191 e. The maximum absolute atomic E-state index is 5.65. The molecule has 0 radical (unpaired) electrons. The van der Waals surface area contributed by atoms with Gasteiger partial charge in [-0.25, -0.2) is 0 Å². The number of aliphatic imine (C=N–C) groups is 1. The van der Waals surface area contributed by atoms with E-state index in [1.807, 2.05) is 0 Å².